The van der Waals surface area contributed by atoms with E-state index in [0.29, 0.717) is 0 Å². The van der Waals surface area contributed by atoms with Gasteiger partial charge in [0.2, 0.25) is 0 Å². The Kier molecular flexibility index (Phi) is 10.8. The maximum atomic E-state index is 6.96. The molecule has 2 unspecified atom stereocenters. The highest BCUT2D eigenvalue weighted by Crippen LogP contribution is 2.64. The zero-order valence-corrected chi connectivity index (χ0v) is 57.1. The second-order valence-electron chi connectivity index (χ2n) is 29.3. The van der Waals surface area contributed by atoms with Gasteiger partial charge in [-0.3, -0.25) is 0 Å². The van der Waals surface area contributed by atoms with Crippen LogP contribution in [0.15, 0.2) is 279 Å². The molecule has 1 fully saturated rings. The fourth-order valence-corrected chi connectivity index (χ4v) is 22.8. The van der Waals surface area contributed by atoms with Crippen molar-refractivity contribution in [2.24, 2.45) is 0 Å². The van der Waals surface area contributed by atoms with Gasteiger partial charge >= 0.3 is 13.7 Å². The van der Waals surface area contributed by atoms with Crippen LogP contribution in [0.5, 0.6) is 11.5 Å². The standard InChI is InChI=1S/C90H60B2N6OS2/c1-89-46-16-17-47-90(89,2)96-74-52-59(93(54-25-6-3-7-26-54)55-27-8-4-9-28-55)50-68-61-34-20-36-64-78-65-37-19-33-60(86(65)101-88(78)98(81(61)64)92(80(68)74)70-40-22-39-69(89)84(70)96)53-24-18-31-57(48-53)94(56-29-10-5-11-30-56)58-49-67-62-35-21-38-66-82(62)97(83-63-32-12-15-45-77(63)100-87(66)83)91-71-41-23-44-76-85(71)95(73(51-58)79(67)91)72-42-13-14-43-75(72)99-76/h3-15,18-45,48-52H,16-17,46-47H2,1-2H3. The largest absolute Gasteiger partial charge is 0.453 e. The van der Waals surface area contributed by atoms with E-state index < -0.39 is 0 Å². The predicted molar refractivity (Wildman–Crippen MR) is 427 cm³/mol. The first-order valence-electron chi connectivity index (χ1n) is 35.7. The van der Waals surface area contributed by atoms with E-state index in [9.17, 15) is 0 Å². The minimum Gasteiger partial charge on any atom is -0.453 e. The Balaban J connectivity index is 0.720. The summed E-state index contributed by atoms with van der Waals surface area (Å²) in [6.45, 7) is 5.02. The summed E-state index contributed by atoms with van der Waals surface area (Å²) >= 11 is 3.89. The van der Waals surface area contributed by atoms with E-state index in [0.717, 1.165) is 63.4 Å². The minimum absolute atomic E-state index is 0.0312. The van der Waals surface area contributed by atoms with Gasteiger partial charge in [-0.2, -0.15) is 0 Å². The summed E-state index contributed by atoms with van der Waals surface area (Å²) in [4.78, 5) is 11.7. The Hall–Kier alpha value is -11.5. The molecule has 0 N–H and O–H groups in total. The Morgan fingerprint density at radius 1 is 0.396 bits per heavy atom. The molecule has 10 heterocycles. The topological polar surface area (TPSA) is 32.0 Å². The number of anilines is 11. The normalized spacial score (nSPS) is 17.3. The Bertz CT molecular complexity index is 6510. The van der Waals surface area contributed by atoms with Crippen molar-refractivity contribution in [2.45, 2.75) is 50.5 Å². The number of benzene rings is 13. The number of rotatable bonds is 7. The van der Waals surface area contributed by atoms with E-state index in [1.165, 1.54) is 160 Å². The predicted octanol–water partition coefficient (Wildman–Crippen LogP) is 22.2. The van der Waals surface area contributed by atoms with Gasteiger partial charge in [-0.25, -0.2) is 0 Å². The quantitative estimate of drug-likeness (QED) is 0.149. The lowest BCUT2D eigenvalue weighted by Crippen LogP contribution is -2.61. The van der Waals surface area contributed by atoms with Crippen LogP contribution in [0.25, 0.3) is 95.8 Å². The number of ether oxygens (including phenoxy) is 1. The van der Waals surface area contributed by atoms with Crippen molar-refractivity contribution in [3.8, 4) is 44.9 Å². The van der Waals surface area contributed by atoms with Gasteiger partial charge in [0, 0.05) is 115 Å². The third-order valence-electron chi connectivity index (χ3n) is 24.5. The van der Waals surface area contributed by atoms with Gasteiger partial charge in [-0.1, -0.05) is 202 Å². The van der Waals surface area contributed by atoms with Crippen LogP contribution >= 0.6 is 22.7 Å². The molecule has 1 saturated carbocycles. The third kappa shape index (κ3) is 6.96. The van der Waals surface area contributed by atoms with Crippen molar-refractivity contribution in [1.82, 2.24) is 8.96 Å². The number of nitrogens with zero attached hydrogens (tertiary/aromatic N) is 6. The van der Waals surface area contributed by atoms with Crippen LogP contribution < -0.4 is 46.2 Å². The minimum atomic E-state index is -0.125. The Morgan fingerprint density at radius 2 is 0.960 bits per heavy atom. The highest BCUT2D eigenvalue weighted by molar-refractivity contribution is 7.27. The van der Waals surface area contributed by atoms with Crippen molar-refractivity contribution < 1.29 is 4.74 Å². The molecule has 0 radical (unpaired) electrons. The number of thiophene rings is 2. The zero-order valence-electron chi connectivity index (χ0n) is 55.4. The van der Waals surface area contributed by atoms with Gasteiger partial charge in [0.05, 0.1) is 32.0 Å². The molecule has 11 heteroatoms. The molecular formula is C90H60B2N6OS2. The first-order chi connectivity index (χ1) is 49.9. The van der Waals surface area contributed by atoms with Gasteiger partial charge in [0.25, 0.3) is 0 Å². The Labute approximate surface area is 592 Å². The molecule has 17 aromatic rings. The van der Waals surface area contributed by atoms with Crippen molar-refractivity contribution in [3.63, 3.8) is 0 Å². The summed E-state index contributed by atoms with van der Waals surface area (Å²) in [5.41, 5.74) is 30.9. The van der Waals surface area contributed by atoms with Crippen LogP contribution in [0.2, 0.25) is 0 Å². The first kappa shape index (κ1) is 55.4. The smallest absolute Gasteiger partial charge is 0.333 e. The first-order valence-corrected chi connectivity index (χ1v) is 37.3. The fourth-order valence-electron chi connectivity index (χ4n) is 20.2. The molecule has 2 atom stereocenters. The highest BCUT2D eigenvalue weighted by Gasteiger charge is 2.61. The van der Waals surface area contributed by atoms with E-state index in [1.807, 2.05) is 22.7 Å². The number of para-hydroxylation sites is 9. The van der Waals surface area contributed by atoms with E-state index >= 15 is 0 Å². The molecule has 1 aliphatic carbocycles. The van der Waals surface area contributed by atoms with Gasteiger partial charge in [0.1, 0.15) is 0 Å². The molecule has 0 saturated heterocycles. The van der Waals surface area contributed by atoms with Crippen LogP contribution in [0.1, 0.15) is 45.1 Å². The highest BCUT2D eigenvalue weighted by atomic mass is 32.1. The molecule has 13 aromatic carbocycles. The summed E-state index contributed by atoms with van der Waals surface area (Å²) in [5.74, 6) is 1.71. The molecule has 0 bridgehead atoms. The van der Waals surface area contributed by atoms with Crippen molar-refractivity contribution in [1.29, 1.82) is 0 Å². The van der Waals surface area contributed by atoms with Crippen LogP contribution in [-0.2, 0) is 5.41 Å². The van der Waals surface area contributed by atoms with Gasteiger partial charge in [-0.05, 0) is 166 Å². The van der Waals surface area contributed by atoms with E-state index in [4.69, 9.17) is 4.74 Å². The molecule has 4 aromatic heterocycles. The van der Waals surface area contributed by atoms with Gasteiger partial charge in [-0.15, -0.1) is 22.7 Å². The summed E-state index contributed by atoms with van der Waals surface area (Å²) in [7, 11) is 0. The Morgan fingerprint density at radius 3 is 1.72 bits per heavy atom. The monoisotopic (exact) mass is 1330 g/mol. The fraction of sp³-hybridized carbons (Fsp3) is 0.0889. The summed E-state index contributed by atoms with van der Waals surface area (Å²) < 4.78 is 16.4. The van der Waals surface area contributed by atoms with Crippen LogP contribution in [0, 0.1) is 0 Å². The molecule has 101 heavy (non-hydrogen) atoms. The third-order valence-corrected chi connectivity index (χ3v) is 26.9. The number of hydrogen-bond donors (Lipinski definition) is 0. The molecule has 7 nitrogen and oxygen atoms in total. The SMILES string of the molecule is CC12CCCCC1(C)N1c3cc(N(c4ccccc4)c4ccccc4)cc4c3B(c3cccc2c31)n1c2sc3c(-c5cccc(N(c6ccccc6)c6cc7c8c(c6)N6c9ccccc9Oc9cccc(c96)B8n6c8c-7cccc8c7sc8ccccc8c76)c5)cccc3c2c2cccc-4c21. The molecule has 474 valence electrons. The molecule has 24 rings (SSSR count). The van der Waals surface area contributed by atoms with E-state index in [-0.39, 0.29) is 24.6 Å². The van der Waals surface area contributed by atoms with E-state index in [2.05, 4.69) is 321 Å². The van der Waals surface area contributed by atoms with Crippen molar-refractivity contribution in [3.05, 3.63) is 285 Å². The molecule has 0 amide bonds. The van der Waals surface area contributed by atoms with Gasteiger partial charge in [0.15, 0.2) is 11.5 Å². The average Bonchev–Trinajstić information content (AvgIpc) is 1.53. The van der Waals surface area contributed by atoms with E-state index in [1.54, 1.807) is 0 Å². The van der Waals surface area contributed by atoms with Crippen LogP contribution in [0.3, 0.4) is 0 Å². The number of hydrogen-bond acceptors (Lipinski definition) is 7. The second-order valence-corrected chi connectivity index (χ2v) is 31.3. The molecule has 0 spiro atoms. The lowest BCUT2D eigenvalue weighted by Gasteiger charge is -2.52. The summed E-state index contributed by atoms with van der Waals surface area (Å²) in [5, 5.41) is 6.53. The van der Waals surface area contributed by atoms with Crippen molar-refractivity contribution in [2.75, 3.05) is 19.6 Å². The van der Waals surface area contributed by atoms with Crippen LogP contribution in [-0.4, -0.2) is 28.2 Å². The number of aromatic nitrogens is 2. The van der Waals surface area contributed by atoms with Crippen LogP contribution in [0.4, 0.5) is 62.6 Å². The second kappa shape index (κ2) is 19.7. The summed E-state index contributed by atoms with van der Waals surface area (Å²) in [6, 6.07) is 105. The molecule has 6 aliphatic heterocycles. The van der Waals surface area contributed by atoms with Gasteiger partial charge < -0.3 is 33.3 Å². The lowest BCUT2D eigenvalue weighted by molar-refractivity contribution is 0.195. The average molecular weight is 1330 g/mol. The molecule has 7 aliphatic rings. The maximum Gasteiger partial charge on any atom is 0.333 e. The lowest BCUT2D eigenvalue weighted by atomic mass is 9.45. The zero-order chi connectivity index (χ0) is 65.9. The summed E-state index contributed by atoms with van der Waals surface area (Å²) in [6.07, 6.45) is 4.76. The molecular weight excluding hydrogens is 1270 g/mol. The number of fused-ring (bicyclic) bond motifs is 23. The maximum absolute atomic E-state index is 6.96. The van der Waals surface area contributed by atoms with Crippen molar-refractivity contribution >= 4 is 183 Å².